The largest absolute Gasteiger partial charge is 0.246 e. The zero-order chi connectivity index (χ0) is 10.7. The van der Waals surface area contributed by atoms with Gasteiger partial charge in [-0.25, -0.2) is 4.98 Å². The van der Waals surface area contributed by atoms with Crippen molar-refractivity contribution in [3.63, 3.8) is 0 Å². The molecule has 0 aromatic carbocycles. The molecule has 15 heavy (non-hydrogen) atoms. The Balaban J connectivity index is 1.96. The SMILES string of the molecule is Cc1nc(CSc2ccc(Cl)nn2)cs1. The lowest BCUT2D eigenvalue weighted by Gasteiger charge is -1.96. The second kappa shape index (κ2) is 4.92. The van der Waals surface area contributed by atoms with Crippen LogP contribution < -0.4 is 0 Å². The summed E-state index contributed by atoms with van der Waals surface area (Å²) in [6.07, 6.45) is 0. The Bertz CT molecular complexity index is 441. The van der Waals surface area contributed by atoms with Gasteiger partial charge >= 0.3 is 0 Å². The standard InChI is InChI=1S/C9H8ClN3S2/c1-6-11-7(4-14-6)5-15-9-3-2-8(10)12-13-9/h2-4H,5H2,1H3. The van der Waals surface area contributed by atoms with E-state index in [9.17, 15) is 0 Å². The maximum absolute atomic E-state index is 5.64. The summed E-state index contributed by atoms with van der Waals surface area (Å²) in [6, 6.07) is 3.60. The molecule has 0 radical (unpaired) electrons. The van der Waals surface area contributed by atoms with Crippen LogP contribution in [0, 0.1) is 6.92 Å². The third-order valence-corrected chi connectivity index (χ3v) is 3.62. The maximum atomic E-state index is 5.64. The van der Waals surface area contributed by atoms with Gasteiger partial charge in [-0.3, -0.25) is 0 Å². The van der Waals surface area contributed by atoms with E-state index in [2.05, 4.69) is 20.6 Å². The van der Waals surface area contributed by atoms with Gasteiger partial charge in [0.15, 0.2) is 5.15 Å². The zero-order valence-electron chi connectivity index (χ0n) is 7.98. The van der Waals surface area contributed by atoms with Crippen LogP contribution in [0.1, 0.15) is 10.7 Å². The van der Waals surface area contributed by atoms with Gasteiger partial charge in [0.2, 0.25) is 0 Å². The van der Waals surface area contributed by atoms with Crippen LogP contribution in [0.5, 0.6) is 0 Å². The highest BCUT2D eigenvalue weighted by atomic mass is 35.5. The summed E-state index contributed by atoms with van der Waals surface area (Å²) in [7, 11) is 0. The second-order valence-electron chi connectivity index (χ2n) is 2.84. The van der Waals surface area contributed by atoms with Crippen molar-refractivity contribution in [1.29, 1.82) is 0 Å². The quantitative estimate of drug-likeness (QED) is 0.792. The van der Waals surface area contributed by atoms with Crippen molar-refractivity contribution in [2.45, 2.75) is 17.7 Å². The number of aromatic nitrogens is 3. The lowest BCUT2D eigenvalue weighted by atomic mass is 10.6. The van der Waals surface area contributed by atoms with Crippen LogP contribution in [0.25, 0.3) is 0 Å². The molecular weight excluding hydrogens is 250 g/mol. The number of halogens is 1. The Morgan fingerprint density at radius 3 is 2.87 bits per heavy atom. The molecule has 0 bridgehead atoms. The van der Waals surface area contributed by atoms with Crippen molar-refractivity contribution in [2.24, 2.45) is 0 Å². The minimum atomic E-state index is 0.420. The van der Waals surface area contributed by atoms with Gasteiger partial charge in [-0.05, 0) is 19.1 Å². The lowest BCUT2D eigenvalue weighted by molar-refractivity contribution is 0.929. The molecular formula is C9H8ClN3S2. The minimum absolute atomic E-state index is 0.420. The van der Waals surface area contributed by atoms with Gasteiger partial charge in [0.25, 0.3) is 0 Å². The number of aryl methyl sites for hydroxylation is 1. The molecule has 0 saturated carbocycles. The normalized spacial score (nSPS) is 10.5. The van der Waals surface area contributed by atoms with Gasteiger partial charge in [0.05, 0.1) is 10.7 Å². The molecule has 78 valence electrons. The van der Waals surface area contributed by atoms with Gasteiger partial charge in [0.1, 0.15) is 5.03 Å². The number of thioether (sulfide) groups is 1. The first-order valence-corrected chi connectivity index (χ1v) is 6.51. The van der Waals surface area contributed by atoms with E-state index in [4.69, 9.17) is 11.6 Å². The fourth-order valence-electron chi connectivity index (χ4n) is 1.00. The highest BCUT2D eigenvalue weighted by molar-refractivity contribution is 7.98. The highest BCUT2D eigenvalue weighted by Crippen LogP contribution is 2.21. The molecule has 0 spiro atoms. The van der Waals surface area contributed by atoms with Crippen molar-refractivity contribution >= 4 is 34.7 Å². The first-order chi connectivity index (χ1) is 7.24. The molecule has 2 rings (SSSR count). The van der Waals surface area contributed by atoms with Crippen LogP contribution >= 0.6 is 34.7 Å². The van der Waals surface area contributed by atoms with Gasteiger partial charge in [-0.2, -0.15) is 0 Å². The van der Waals surface area contributed by atoms with E-state index < -0.39 is 0 Å². The topological polar surface area (TPSA) is 38.7 Å². The number of thiazole rings is 1. The summed E-state index contributed by atoms with van der Waals surface area (Å²) in [5, 5.41) is 12.2. The summed E-state index contributed by atoms with van der Waals surface area (Å²) in [4.78, 5) is 4.37. The Morgan fingerprint density at radius 2 is 2.27 bits per heavy atom. The summed E-state index contributed by atoms with van der Waals surface area (Å²) >= 11 is 8.91. The summed E-state index contributed by atoms with van der Waals surface area (Å²) < 4.78 is 0. The van der Waals surface area contributed by atoms with E-state index >= 15 is 0 Å². The third kappa shape index (κ3) is 3.15. The van der Waals surface area contributed by atoms with Crippen LogP contribution in [0.3, 0.4) is 0 Å². The molecule has 0 N–H and O–H groups in total. The van der Waals surface area contributed by atoms with Crippen molar-refractivity contribution in [3.05, 3.63) is 33.4 Å². The van der Waals surface area contributed by atoms with E-state index in [1.54, 1.807) is 29.2 Å². The lowest BCUT2D eigenvalue weighted by Crippen LogP contribution is -1.86. The van der Waals surface area contributed by atoms with Crippen molar-refractivity contribution < 1.29 is 0 Å². The van der Waals surface area contributed by atoms with Crippen molar-refractivity contribution in [3.8, 4) is 0 Å². The molecule has 3 nitrogen and oxygen atoms in total. The molecule has 0 fully saturated rings. The Hall–Kier alpha value is -0.650. The molecule has 0 aliphatic carbocycles. The molecule has 0 amide bonds. The van der Waals surface area contributed by atoms with Crippen LogP contribution in [0.2, 0.25) is 5.15 Å². The van der Waals surface area contributed by atoms with Gasteiger partial charge in [0, 0.05) is 11.1 Å². The first-order valence-electron chi connectivity index (χ1n) is 4.27. The predicted molar refractivity (Wildman–Crippen MR) is 63.5 cm³/mol. The van der Waals surface area contributed by atoms with Crippen molar-refractivity contribution in [1.82, 2.24) is 15.2 Å². The number of hydrogen-bond donors (Lipinski definition) is 0. The third-order valence-electron chi connectivity index (χ3n) is 1.64. The molecule has 2 aromatic heterocycles. The molecule has 0 aliphatic rings. The van der Waals surface area contributed by atoms with Crippen LogP contribution in [0.4, 0.5) is 0 Å². The number of rotatable bonds is 3. The molecule has 0 unspecified atom stereocenters. The fourth-order valence-corrected chi connectivity index (χ4v) is 2.53. The van der Waals surface area contributed by atoms with E-state index in [-0.39, 0.29) is 0 Å². The number of hydrogen-bond acceptors (Lipinski definition) is 5. The Morgan fingerprint density at radius 1 is 1.40 bits per heavy atom. The average Bonchev–Trinajstić information content (AvgIpc) is 2.64. The molecule has 2 aromatic rings. The summed E-state index contributed by atoms with van der Waals surface area (Å²) in [5.74, 6) is 0.820. The zero-order valence-corrected chi connectivity index (χ0v) is 10.4. The molecule has 0 atom stereocenters. The smallest absolute Gasteiger partial charge is 0.151 e. The van der Waals surface area contributed by atoms with Gasteiger partial charge in [-0.15, -0.1) is 21.5 Å². The van der Waals surface area contributed by atoms with E-state index in [0.29, 0.717) is 5.15 Å². The molecule has 0 saturated heterocycles. The predicted octanol–water partition coefficient (Wildman–Crippen LogP) is 3.19. The molecule has 0 aliphatic heterocycles. The molecule has 6 heteroatoms. The Kier molecular flexibility index (Phi) is 3.56. The van der Waals surface area contributed by atoms with E-state index in [0.717, 1.165) is 21.5 Å². The highest BCUT2D eigenvalue weighted by Gasteiger charge is 2.01. The summed E-state index contributed by atoms with van der Waals surface area (Å²) in [5.41, 5.74) is 1.08. The van der Waals surface area contributed by atoms with E-state index in [1.165, 1.54) is 0 Å². The fraction of sp³-hybridized carbons (Fsp3) is 0.222. The molecule has 2 heterocycles. The minimum Gasteiger partial charge on any atom is -0.246 e. The van der Waals surface area contributed by atoms with Gasteiger partial charge in [-0.1, -0.05) is 23.4 Å². The number of nitrogens with zero attached hydrogens (tertiary/aromatic N) is 3. The van der Waals surface area contributed by atoms with Crippen LogP contribution in [0.15, 0.2) is 22.5 Å². The van der Waals surface area contributed by atoms with Crippen molar-refractivity contribution in [2.75, 3.05) is 0 Å². The summed E-state index contributed by atoms with van der Waals surface area (Å²) in [6.45, 7) is 2.00. The monoisotopic (exact) mass is 257 g/mol. The first kappa shape index (κ1) is 10.9. The van der Waals surface area contributed by atoms with Gasteiger partial charge < -0.3 is 0 Å². The van der Waals surface area contributed by atoms with Crippen LogP contribution in [-0.2, 0) is 5.75 Å². The average molecular weight is 258 g/mol. The van der Waals surface area contributed by atoms with Crippen LogP contribution in [-0.4, -0.2) is 15.2 Å². The second-order valence-corrected chi connectivity index (χ2v) is 5.29. The maximum Gasteiger partial charge on any atom is 0.151 e. The van der Waals surface area contributed by atoms with E-state index in [1.807, 2.05) is 13.0 Å². The Labute approximate surface area is 101 Å².